The van der Waals surface area contributed by atoms with Crippen molar-refractivity contribution >= 4 is 11.7 Å². The lowest BCUT2D eigenvalue weighted by Gasteiger charge is -2.32. The molecule has 3 rings (SSSR count). The molecule has 24 heavy (non-hydrogen) atoms. The second-order valence-electron chi connectivity index (χ2n) is 6.25. The number of aliphatic hydroxyl groups is 1. The zero-order valence-electron chi connectivity index (χ0n) is 14.1. The van der Waals surface area contributed by atoms with Gasteiger partial charge in [0.2, 0.25) is 5.91 Å². The first kappa shape index (κ1) is 16.4. The van der Waals surface area contributed by atoms with Crippen molar-refractivity contribution in [2.75, 3.05) is 6.54 Å². The zero-order chi connectivity index (χ0) is 17.4. The van der Waals surface area contributed by atoms with Crippen LogP contribution < -0.4 is 0 Å². The molecule has 0 fully saturated rings. The van der Waals surface area contributed by atoms with Crippen LogP contribution in [-0.2, 0) is 17.9 Å². The zero-order valence-corrected chi connectivity index (χ0v) is 14.1. The number of aryl methyl sites for hydroxylation is 1. The van der Waals surface area contributed by atoms with Crippen LogP contribution in [0, 0.1) is 13.8 Å². The molecule has 1 N–H and O–H groups in total. The Morgan fingerprint density at radius 3 is 2.67 bits per heavy atom. The Balaban J connectivity index is 1.80. The highest BCUT2D eigenvalue weighted by Gasteiger charge is 2.27. The van der Waals surface area contributed by atoms with Crippen LogP contribution in [0.3, 0.4) is 0 Å². The number of aliphatic hydroxyl groups excluding tert-OH is 1. The lowest BCUT2D eigenvalue weighted by atomic mass is 9.97. The molecule has 0 saturated carbocycles. The average Bonchev–Trinajstić information content (AvgIpc) is 2.81. The maximum absolute atomic E-state index is 12.6. The van der Waals surface area contributed by atoms with E-state index in [9.17, 15) is 14.7 Å². The van der Waals surface area contributed by atoms with Gasteiger partial charge in [0.25, 0.3) is 0 Å². The number of rotatable bonds is 3. The first-order valence-electron chi connectivity index (χ1n) is 7.97. The smallest absolute Gasteiger partial charge is 0.244 e. The van der Waals surface area contributed by atoms with Crippen molar-refractivity contribution < 1.29 is 14.7 Å². The summed E-state index contributed by atoms with van der Waals surface area (Å²) in [6.07, 6.45) is -0.674. The summed E-state index contributed by atoms with van der Waals surface area (Å²) in [4.78, 5) is 26.0. The summed E-state index contributed by atoms with van der Waals surface area (Å²) in [5.74, 6) is -0.171. The molecule has 1 aromatic heterocycles. The number of fused-ring (bicyclic) bond motifs is 1. The maximum atomic E-state index is 12.6. The molecule has 0 spiro atoms. The van der Waals surface area contributed by atoms with Crippen LogP contribution in [0.25, 0.3) is 0 Å². The second-order valence-corrected chi connectivity index (χ2v) is 6.25. The average molecular weight is 327 g/mol. The van der Waals surface area contributed by atoms with E-state index < -0.39 is 6.10 Å². The molecule has 1 atom stereocenters. The van der Waals surface area contributed by atoms with E-state index >= 15 is 0 Å². The van der Waals surface area contributed by atoms with Crippen LogP contribution in [0.5, 0.6) is 0 Å². The molecule has 1 aliphatic heterocycles. The molecule has 2 aromatic rings. The van der Waals surface area contributed by atoms with Gasteiger partial charge in [-0.15, -0.1) is 0 Å². The topological polar surface area (TPSA) is 75.4 Å². The monoisotopic (exact) mass is 327 g/mol. The van der Waals surface area contributed by atoms with E-state index in [0.29, 0.717) is 23.5 Å². The van der Waals surface area contributed by atoms with Crippen molar-refractivity contribution in [1.82, 2.24) is 14.7 Å². The van der Waals surface area contributed by atoms with Gasteiger partial charge in [-0.3, -0.25) is 14.3 Å². The normalized spacial score (nSPS) is 16.8. The number of aromatic nitrogens is 2. The number of carbonyl (C=O) groups excluding carboxylic acids is 2. The molecule has 0 unspecified atom stereocenters. The third-order valence-corrected chi connectivity index (χ3v) is 4.54. The minimum Gasteiger partial charge on any atom is -0.387 e. The Bertz CT molecular complexity index is 810. The maximum Gasteiger partial charge on any atom is 0.244 e. The van der Waals surface area contributed by atoms with Gasteiger partial charge in [-0.1, -0.05) is 24.3 Å². The van der Waals surface area contributed by atoms with Crippen LogP contribution in [0.15, 0.2) is 24.3 Å². The molecule has 6 nitrogen and oxygen atoms in total. The molecule has 0 bridgehead atoms. The third kappa shape index (κ3) is 2.85. The van der Waals surface area contributed by atoms with Gasteiger partial charge in [0.15, 0.2) is 5.78 Å². The molecule has 0 aliphatic carbocycles. The predicted octanol–water partition coefficient (Wildman–Crippen LogP) is 1.78. The minimum atomic E-state index is -0.674. The van der Waals surface area contributed by atoms with E-state index in [4.69, 9.17) is 0 Å². The van der Waals surface area contributed by atoms with Gasteiger partial charge >= 0.3 is 0 Å². The van der Waals surface area contributed by atoms with Gasteiger partial charge in [-0.2, -0.15) is 5.10 Å². The van der Waals surface area contributed by atoms with Gasteiger partial charge in [-0.05, 0) is 31.9 Å². The molecule has 0 radical (unpaired) electrons. The highest BCUT2D eigenvalue weighted by molar-refractivity contribution is 5.96. The first-order valence-corrected chi connectivity index (χ1v) is 7.97. The van der Waals surface area contributed by atoms with Crippen LogP contribution in [0.2, 0.25) is 0 Å². The van der Waals surface area contributed by atoms with Crippen molar-refractivity contribution in [3.63, 3.8) is 0 Å². The lowest BCUT2D eigenvalue weighted by molar-refractivity contribution is -0.134. The van der Waals surface area contributed by atoms with E-state index in [1.165, 1.54) is 6.92 Å². The molecular weight excluding hydrogens is 306 g/mol. The minimum absolute atomic E-state index is 0.0500. The lowest BCUT2D eigenvalue weighted by Crippen LogP contribution is -2.40. The summed E-state index contributed by atoms with van der Waals surface area (Å²) >= 11 is 0. The predicted molar refractivity (Wildman–Crippen MR) is 88.5 cm³/mol. The SMILES string of the molecule is CC(=O)c1c(C)nn(CC(=O)N2Cc3ccccc3[C@@H](O)C2)c1C. The number of ketones is 1. The highest BCUT2D eigenvalue weighted by Crippen LogP contribution is 2.26. The largest absolute Gasteiger partial charge is 0.387 e. The molecule has 1 aromatic carbocycles. The van der Waals surface area contributed by atoms with E-state index in [1.807, 2.05) is 24.3 Å². The number of benzene rings is 1. The van der Waals surface area contributed by atoms with Crippen molar-refractivity contribution in [2.45, 2.75) is 40.0 Å². The van der Waals surface area contributed by atoms with E-state index in [1.54, 1.807) is 23.4 Å². The van der Waals surface area contributed by atoms with Crippen molar-refractivity contribution in [1.29, 1.82) is 0 Å². The number of hydrogen-bond donors (Lipinski definition) is 1. The molecule has 1 amide bonds. The second kappa shape index (κ2) is 6.20. The van der Waals surface area contributed by atoms with Gasteiger partial charge in [0.05, 0.1) is 23.9 Å². The van der Waals surface area contributed by atoms with Crippen LogP contribution in [0.4, 0.5) is 0 Å². The third-order valence-electron chi connectivity index (χ3n) is 4.54. The van der Waals surface area contributed by atoms with Crippen LogP contribution in [-0.4, -0.2) is 38.0 Å². The molecule has 2 heterocycles. The standard InChI is InChI=1S/C18H21N3O3/c1-11-18(13(3)22)12(2)21(19-11)10-17(24)20-8-14-6-4-5-7-15(14)16(23)9-20/h4-7,16,23H,8-10H2,1-3H3/t16-/m0/s1. The fraction of sp³-hybridized carbons (Fsp3) is 0.389. The molecule has 1 aliphatic rings. The summed E-state index contributed by atoms with van der Waals surface area (Å²) in [5, 5.41) is 14.6. The number of β-amino-alcohol motifs (C(OH)–C–C–N with tert-alkyl or cyclic N) is 1. The summed E-state index contributed by atoms with van der Waals surface area (Å²) < 4.78 is 1.57. The van der Waals surface area contributed by atoms with Crippen molar-refractivity contribution in [2.24, 2.45) is 0 Å². The van der Waals surface area contributed by atoms with Crippen LogP contribution in [0.1, 0.15) is 45.9 Å². The van der Waals surface area contributed by atoms with Gasteiger partial charge in [-0.25, -0.2) is 0 Å². The fourth-order valence-corrected chi connectivity index (χ4v) is 3.36. The van der Waals surface area contributed by atoms with E-state index in [-0.39, 0.29) is 24.8 Å². The Hall–Kier alpha value is -2.47. The van der Waals surface area contributed by atoms with E-state index in [0.717, 1.165) is 11.1 Å². The Morgan fingerprint density at radius 2 is 2.00 bits per heavy atom. The molecule has 126 valence electrons. The molecule has 6 heteroatoms. The summed E-state index contributed by atoms with van der Waals surface area (Å²) in [6.45, 7) is 5.88. The van der Waals surface area contributed by atoms with E-state index in [2.05, 4.69) is 5.10 Å². The van der Waals surface area contributed by atoms with Crippen molar-refractivity contribution in [3.8, 4) is 0 Å². The Kier molecular flexibility index (Phi) is 4.24. The quantitative estimate of drug-likeness (QED) is 0.872. The summed E-state index contributed by atoms with van der Waals surface area (Å²) in [5.41, 5.74) is 3.75. The summed E-state index contributed by atoms with van der Waals surface area (Å²) in [6, 6.07) is 7.61. The number of amides is 1. The highest BCUT2D eigenvalue weighted by atomic mass is 16.3. The van der Waals surface area contributed by atoms with Crippen LogP contribution >= 0.6 is 0 Å². The molecule has 0 saturated heterocycles. The summed E-state index contributed by atoms with van der Waals surface area (Å²) in [7, 11) is 0. The Labute approximate surface area is 140 Å². The van der Waals surface area contributed by atoms with Gasteiger partial charge in [0, 0.05) is 12.2 Å². The van der Waals surface area contributed by atoms with Crippen molar-refractivity contribution in [3.05, 3.63) is 52.3 Å². The van der Waals surface area contributed by atoms with Gasteiger partial charge < -0.3 is 10.0 Å². The number of nitrogens with zero attached hydrogens (tertiary/aromatic N) is 3. The number of Topliss-reactive ketones (excluding diaryl/α,β-unsaturated/α-hetero) is 1. The fourth-order valence-electron chi connectivity index (χ4n) is 3.36. The number of carbonyl (C=O) groups is 2. The molecular formula is C18H21N3O3. The first-order chi connectivity index (χ1) is 11.4. The number of hydrogen-bond acceptors (Lipinski definition) is 4. The van der Waals surface area contributed by atoms with Gasteiger partial charge in [0.1, 0.15) is 6.54 Å². The Morgan fingerprint density at radius 1 is 1.29 bits per heavy atom.